The molecular weight excluding hydrogens is 322 g/mol. The summed E-state index contributed by atoms with van der Waals surface area (Å²) >= 11 is 3.43. The molecule has 0 unspecified atom stereocenters. The van der Waals surface area contributed by atoms with Gasteiger partial charge < -0.3 is 15.8 Å². The number of nitrogens with zero attached hydrogens (tertiary/aromatic N) is 2. The maximum absolute atomic E-state index is 12.6. The molecule has 0 aliphatic rings. The molecule has 0 saturated carbocycles. The lowest BCUT2D eigenvalue weighted by Crippen LogP contribution is -2.39. The van der Waals surface area contributed by atoms with Crippen LogP contribution < -0.4 is 5.73 Å². The minimum Gasteiger partial charge on any atom is -0.409 e. The van der Waals surface area contributed by atoms with Crippen molar-refractivity contribution in [2.45, 2.75) is 33.2 Å². The Balaban J connectivity index is 2.97. The summed E-state index contributed by atoms with van der Waals surface area (Å²) in [6, 6.07) is 5.59. The second-order valence-corrected chi connectivity index (χ2v) is 5.70. The monoisotopic (exact) mass is 341 g/mol. The van der Waals surface area contributed by atoms with Gasteiger partial charge in [0.2, 0.25) is 0 Å². The van der Waals surface area contributed by atoms with Crippen LogP contribution in [0, 0.1) is 6.92 Å². The zero-order valence-electron chi connectivity index (χ0n) is 11.9. The highest BCUT2D eigenvalue weighted by molar-refractivity contribution is 9.10. The van der Waals surface area contributed by atoms with Gasteiger partial charge in [0, 0.05) is 29.0 Å². The summed E-state index contributed by atoms with van der Waals surface area (Å²) < 4.78 is 0.906. The Kier molecular flexibility index (Phi) is 6.01. The third kappa shape index (κ3) is 3.96. The molecule has 0 spiro atoms. The van der Waals surface area contributed by atoms with Crippen LogP contribution in [0.5, 0.6) is 0 Å². The molecule has 1 aromatic carbocycles. The summed E-state index contributed by atoms with van der Waals surface area (Å²) in [7, 11) is 0. The van der Waals surface area contributed by atoms with Crippen molar-refractivity contribution in [3.05, 3.63) is 33.8 Å². The van der Waals surface area contributed by atoms with E-state index >= 15 is 0 Å². The summed E-state index contributed by atoms with van der Waals surface area (Å²) in [5, 5.41) is 11.5. The molecule has 0 aliphatic carbocycles. The molecule has 1 amide bonds. The fourth-order valence-electron chi connectivity index (χ4n) is 1.87. The molecule has 110 valence electrons. The van der Waals surface area contributed by atoms with Crippen molar-refractivity contribution in [3.8, 4) is 0 Å². The van der Waals surface area contributed by atoms with Gasteiger partial charge in [-0.3, -0.25) is 4.79 Å². The third-order valence-electron chi connectivity index (χ3n) is 3.12. The van der Waals surface area contributed by atoms with Gasteiger partial charge in [-0.05, 0) is 38.5 Å². The van der Waals surface area contributed by atoms with Gasteiger partial charge in [0.25, 0.3) is 5.91 Å². The molecule has 3 N–H and O–H groups in total. The Labute approximate surface area is 127 Å². The molecule has 5 nitrogen and oxygen atoms in total. The molecular formula is C14H20BrN3O2. The Morgan fingerprint density at radius 2 is 2.15 bits per heavy atom. The molecule has 20 heavy (non-hydrogen) atoms. The van der Waals surface area contributed by atoms with Crippen molar-refractivity contribution in [2.75, 3.05) is 6.54 Å². The number of hydrogen-bond donors (Lipinski definition) is 2. The molecule has 0 bridgehead atoms. The maximum Gasteiger partial charge on any atom is 0.254 e. The number of amides is 1. The normalized spacial score (nSPS) is 11.8. The van der Waals surface area contributed by atoms with Gasteiger partial charge in [-0.15, -0.1) is 0 Å². The average molecular weight is 342 g/mol. The Bertz CT molecular complexity index is 515. The fourth-order valence-corrected chi connectivity index (χ4v) is 2.24. The van der Waals surface area contributed by atoms with Gasteiger partial charge >= 0.3 is 0 Å². The molecule has 0 saturated heterocycles. The van der Waals surface area contributed by atoms with Crippen molar-refractivity contribution >= 4 is 27.7 Å². The predicted octanol–water partition coefficient (Wildman–Crippen LogP) is 2.74. The lowest BCUT2D eigenvalue weighted by Gasteiger charge is -2.27. The number of nitrogens with two attached hydrogens (primary N) is 1. The summed E-state index contributed by atoms with van der Waals surface area (Å²) in [5.74, 6) is 0.0685. The summed E-state index contributed by atoms with van der Waals surface area (Å²) in [6.45, 7) is 6.20. The van der Waals surface area contributed by atoms with Crippen LogP contribution in [-0.4, -0.2) is 34.4 Å². The zero-order valence-corrected chi connectivity index (χ0v) is 13.5. The minimum absolute atomic E-state index is 0.0346. The number of hydrogen-bond acceptors (Lipinski definition) is 3. The molecule has 1 aromatic rings. The number of rotatable bonds is 5. The highest BCUT2D eigenvalue weighted by Gasteiger charge is 2.21. The van der Waals surface area contributed by atoms with E-state index in [9.17, 15) is 4.79 Å². The van der Waals surface area contributed by atoms with Gasteiger partial charge in [0.1, 0.15) is 5.84 Å². The number of benzene rings is 1. The molecule has 0 fully saturated rings. The SMILES string of the molecule is Cc1c(Br)cccc1C(=O)N(CCC(N)=NO)C(C)C. The first-order chi connectivity index (χ1) is 9.38. The van der Waals surface area contributed by atoms with E-state index in [-0.39, 0.29) is 17.8 Å². The quantitative estimate of drug-likeness (QED) is 0.374. The van der Waals surface area contributed by atoms with Crippen LogP contribution in [0.25, 0.3) is 0 Å². The van der Waals surface area contributed by atoms with Crippen molar-refractivity contribution in [2.24, 2.45) is 10.9 Å². The smallest absolute Gasteiger partial charge is 0.254 e. The van der Waals surface area contributed by atoms with E-state index in [1.807, 2.05) is 32.9 Å². The topological polar surface area (TPSA) is 78.9 Å². The first-order valence-electron chi connectivity index (χ1n) is 6.41. The van der Waals surface area contributed by atoms with Gasteiger partial charge in [0.05, 0.1) is 0 Å². The van der Waals surface area contributed by atoms with Gasteiger partial charge in [-0.25, -0.2) is 0 Å². The van der Waals surface area contributed by atoms with Crippen molar-refractivity contribution < 1.29 is 10.0 Å². The van der Waals surface area contributed by atoms with Crippen LogP contribution in [0.2, 0.25) is 0 Å². The van der Waals surface area contributed by atoms with Crippen LogP contribution in [0.15, 0.2) is 27.8 Å². The molecule has 1 rings (SSSR count). The van der Waals surface area contributed by atoms with Crippen molar-refractivity contribution in [3.63, 3.8) is 0 Å². The van der Waals surface area contributed by atoms with Gasteiger partial charge in [0.15, 0.2) is 0 Å². The average Bonchev–Trinajstić information content (AvgIpc) is 2.41. The molecule has 0 heterocycles. The van der Waals surface area contributed by atoms with Crippen molar-refractivity contribution in [1.82, 2.24) is 4.90 Å². The Hall–Kier alpha value is -1.56. The van der Waals surface area contributed by atoms with E-state index in [1.165, 1.54) is 0 Å². The summed E-state index contributed by atoms with van der Waals surface area (Å²) in [5.41, 5.74) is 7.04. The van der Waals surface area contributed by atoms with Crippen LogP contribution in [0.4, 0.5) is 0 Å². The maximum atomic E-state index is 12.6. The van der Waals surface area contributed by atoms with E-state index in [1.54, 1.807) is 11.0 Å². The summed E-state index contributed by atoms with van der Waals surface area (Å²) in [6.07, 6.45) is 0.341. The van der Waals surface area contributed by atoms with E-state index in [0.717, 1.165) is 10.0 Å². The standard InChI is InChI=1S/C14H20BrN3O2/c1-9(2)18(8-7-13(16)17-20)14(19)11-5-4-6-12(15)10(11)3/h4-6,9,20H,7-8H2,1-3H3,(H2,16,17). The number of carbonyl (C=O) groups excluding carboxylic acids is 1. The molecule has 6 heteroatoms. The lowest BCUT2D eigenvalue weighted by atomic mass is 10.1. The van der Waals surface area contributed by atoms with Crippen molar-refractivity contribution in [1.29, 1.82) is 0 Å². The number of halogens is 1. The fraction of sp³-hybridized carbons (Fsp3) is 0.429. The van der Waals surface area contributed by atoms with Crippen LogP contribution in [0.1, 0.15) is 36.2 Å². The van der Waals surface area contributed by atoms with E-state index < -0.39 is 0 Å². The zero-order chi connectivity index (χ0) is 15.3. The van der Waals surface area contributed by atoms with Crippen LogP contribution >= 0.6 is 15.9 Å². The number of carbonyl (C=O) groups is 1. The van der Waals surface area contributed by atoms with Crippen LogP contribution in [-0.2, 0) is 0 Å². The van der Waals surface area contributed by atoms with E-state index in [2.05, 4.69) is 21.1 Å². The first-order valence-corrected chi connectivity index (χ1v) is 7.20. The Morgan fingerprint density at radius 3 is 2.70 bits per heavy atom. The van der Waals surface area contributed by atoms with Gasteiger partial charge in [-0.2, -0.15) is 0 Å². The molecule has 0 aliphatic heterocycles. The minimum atomic E-state index is -0.0514. The largest absolute Gasteiger partial charge is 0.409 e. The second kappa shape index (κ2) is 7.28. The molecule has 0 atom stereocenters. The molecule has 0 radical (unpaired) electrons. The predicted molar refractivity (Wildman–Crippen MR) is 83.1 cm³/mol. The Morgan fingerprint density at radius 1 is 1.50 bits per heavy atom. The van der Waals surface area contributed by atoms with E-state index in [4.69, 9.17) is 10.9 Å². The highest BCUT2D eigenvalue weighted by atomic mass is 79.9. The summed E-state index contributed by atoms with van der Waals surface area (Å²) in [4.78, 5) is 14.3. The first kappa shape index (κ1) is 16.5. The van der Waals surface area contributed by atoms with E-state index in [0.29, 0.717) is 18.5 Å². The highest BCUT2D eigenvalue weighted by Crippen LogP contribution is 2.21. The third-order valence-corrected chi connectivity index (χ3v) is 3.98. The van der Waals surface area contributed by atoms with Crippen LogP contribution in [0.3, 0.4) is 0 Å². The van der Waals surface area contributed by atoms with Gasteiger partial charge in [-0.1, -0.05) is 27.2 Å². The number of amidine groups is 1. The molecule has 0 aromatic heterocycles. The number of oxime groups is 1. The second-order valence-electron chi connectivity index (χ2n) is 4.85. The lowest BCUT2D eigenvalue weighted by molar-refractivity contribution is 0.0710.